The number of thiazole rings is 1. The first-order valence-electron chi connectivity index (χ1n) is 7.47. The maximum atomic E-state index is 4.54. The predicted octanol–water partition coefficient (Wildman–Crippen LogP) is 2.56. The van der Waals surface area contributed by atoms with Crippen LogP contribution in [0.3, 0.4) is 0 Å². The molecule has 1 atom stereocenters. The van der Waals surface area contributed by atoms with Crippen molar-refractivity contribution in [1.82, 2.24) is 15.2 Å². The Morgan fingerprint density at radius 3 is 3.05 bits per heavy atom. The van der Waals surface area contributed by atoms with Gasteiger partial charge in [0.2, 0.25) is 0 Å². The van der Waals surface area contributed by atoms with Crippen LogP contribution >= 0.6 is 11.3 Å². The molecule has 0 amide bonds. The van der Waals surface area contributed by atoms with Gasteiger partial charge < -0.3 is 10.2 Å². The molecule has 19 heavy (non-hydrogen) atoms. The quantitative estimate of drug-likeness (QED) is 0.832. The fourth-order valence-corrected chi connectivity index (χ4v) is 3.40. The molecule has 0 aromatic carbocycles. The molecule has 108 valence electrons. The van der Waals surface area contributed by atoms with E-state index < -0.39 is 0 Å². The standard InChI is InChI=1S/C15H27N3S/c1-12(2)8-16-9-14-4-6-18(10-14)7-5-15-17-13(3)11-19-15/h11-12,14,16H,4-10H2,1-3H3. The highest BCUT2D eigenvalue weighted by atomic mass is 32.1. The van der Waals surface area contributed by atoms with Gasteiger partial charge in [-0.25, -0.2) is 4.98 Å². The van der Waals surface area contributed by atoms with E-state index in [4.69, 9.17) is 0 Å². The Bertz CT molecular complexity index is 375. The molecular weight excluding hydrogens is 254 g/mol. The van der Waals surface area contributed by atoms with Crippen molar-refractivity contribution < 1.29 is 0 Å². The molecule has 3 nitrogen and oxygen atoms in total. The van der Waals surface area contributed by atoms with E-state index in [-0.39, 0.29) is 0 Å². The lowest BCUT2D eigenvalue weighted by atomic mass is 10.1. The highest BCUT2D eigenvalue weighted by Gasteiger charge is 2.21. The Hall–Kier alpha value is -0.450. The van der Waals surface area contributed by atoms with E-state index >= 15 is 0 Å². The molecule has 0 spiro atoms. The molecule has 4 heteroatoms. The average molecular weight is 281 g/mol. The first kappa shape index (κ1) is 14.9. The van der Waals surface area contributed by atoms with Crippen LogP contribution in [-0.4, -0.2) is 42.6 Å². The Morgan fingerprint density at radius 2 is 2.37 bits per heavy atom. The Morgan fingerprint density at radius 1 is 1.53 bits per heavy atom. The number of rotatable bonds is 7. The van der Waals surface area contributed by atoms with Gasteiger partial charge in [0.1, 0.15) is 0 Å². The van der Waals surface area contributed by atoms with Crippen molar-refractivity contribution in [3.63, 3.8) is 0 Å². The first-order valence-corrected chi connectivity index (χ1v) is 8.35. The van der Waals surface area contributed by atoms with Gasteiger partial charge in [-0.1, -0.05) is 13.8 Å². The molecule has 0 saturated carbocycles. The summed E-state index contributed by atoms with van der Waals surface area (Å²) in [6.45, 7) is 12.6. The van der Waals surface area contributed by atoms with Crippen molar-refractivity contribution in [2.24, 2.45) is 11.8 Å². The van der Waals surface area contributed by atoms with Crippen LogP contribution in [0.4, 0.5) is 0 Å². The molecule has 0 radical (unpaired) electrons. The number of aryl methyl sites for hydroxylation is 1. The van der Waals surface area contributed by atoms with Crippen LogP contribution in [0.25, 0.3) is 0 Å². The van der Waals surface area contributed by atoms with Crippen molar-refractivity contribution in [2.75, 3.05) is 32.7 Å². The van der Waals surface area contributed by atoms with Gasteiger partial charge in [0.15, 0.2) is 0 Å². The van der Waals surface area contributed by atoms with Crippen LogP contribution in [0.15, 0.2) is 5.38 Å². The van der Waals surface area contributed by atoms with Gasteiger partial charge in [-0.3, -0.25) is 0 Å². The minimum atomic E-state index is 0.755. The molecule has 1 aliphatic rings. The summed E-state index contributed by atoms with van der Waals surface area (Å²) in [6.07, 6.45) is 2.46. The molecule has 0 aliphatic carbocycles. The Labute approximate surface area is 121 Å². The van der Waals surface area contributed by atoms with E-state index in [1.165, 1.54) is 37.6 Å². The van der Waals surface area contributed by atoms with Gasteiger partial charge in [-0.05, 0) is 44.8 Å². The summed E-state index contributed by atoms with van der Waals surface area (Å²) in [5.41, 5.74) is 1.16. The lowest BCUT2D eigenvalue weighted by molar-refractivity contribution is 0.324. The van der Waals surface area contributed by atoms with Crippen LogP contribution in [0.5, 0.6) is 0 Å². The predicted molar refractivity (Wildman–Crippen MR) is 82.8 cm³/mol. The van der Waals surface area contributed by atoms with Gasteiger partial charge in [0.05, 0.1) is 5.01 Å². The zero-order valence-corrected chi connectivity index (χ0v) is 13.3. The van der Waals surface area contributed by atoms with E-state index in [0.29, 0.717) is 0 Å². The third-order valence-electron chi connectivity index (χ3n) is 3.66. The molecule has 2 heterocycles. The topological polar surface area (TPSA) is 28.2 Å². The van der Waals surface area contributed by atoms with Gasteiger partial charge >= 0.3 is 0 Å². The average Bonchev–Trinajstić information content (AvgIpc) is 2.95. The molecular formula is C15H27N3S. The number of likely N-dealkylation sites (tertiary alicyclic amines) is 1. The molecule has 1 N–H and O–H groups in total. The lowest BCUT2D eigenvalue weighted by Gasteiger charge is -2.16. The summed E-state index contributed by atoms with van der Waals surface area (Å²) in [7, 11) is 0. The van der Waals surface area contributed by atoms with Crippen molar-refractivity contribution in [3.05, 3.63) is 16.1 Å². The smallest absolute Gasteiger partial charge is 0.0940 e. The number of hydrogen-bond acceptors (Lipinski definition) is 4. The summed E-state index contributed by atoms with van der Waals surface area (Å²) >= 11 is 1.80. The van der Waals surface area contributed by atoms with Gasteiger partial charge in [0.25, 0.3) is 0 Å². The van der Waals surface area contributed by atoms with Gasteiger partial charge in [-0.15, -0.1) is 11.3 Å². The first-order chi connectivity index (χ1) is 9.13. The van der Waals surface area contributed by atoms with Gasteiger partial charge in [-0.2, -0.15) is 0 Å². The van der Waals surface area contributed by atoms with Crippen LogP contribution in [0.2, 0.25) is 0 Å². The molecule has 1 aromatic heterocycles. The largest absolute Gasteiger partial charge is 0.316 e. The third kappa shape index (κ3) is 5.21. The number of hydrogen-bond donors (Lipinski definition) is 1. The highest BCUT2D eigenvalue weighted by molar-refractivity contribution is 7.09. The minimum Gasteiger partial charge on any atom is -0.316 e. The molecule has 1 aromatic rings. The summed E-state index contributed by atoms with van der Waals surface area (Å²) in [4.78, 5) is 7.13. The fraction of sp³-hybridized carbons (Fsp3) is 0.800. The summed E-state index contributed by atoms with van der Waals surface area (Å²) in [5.74, 6) is 1.60. The second kappa shape index (κ2) is 7.36. The summed E-state index contributed by atoms with van der Waals surface area (Å²) < 4.78 is 0. The van der Waals surface area contributed by atoms with Crippen molar-refractivity contribution in [3.8, 4) is 0 Å². The fourth-order valence-electron chi connectivity index (χ4n) is 2.63. The monoisotopic (exact) mass is 281 g/mol. The van der Waals surface area contributed by atoms with Crippen molar-refractivity contribution >= 4 is 11.3 Å². The maximum absolute atomic E-state index is 4.54. The molecule has 0 bridgehead atoms. The minimum absolute atomic E-state index is 0.755. The number of aromatic nitrogens is 1. The second-order valence-electron chi connectivity index (χ2n) is 6.14. The van der Waals surface area contributed by atoms with E-state index in [9.17, 15) is 0 Å². The lowest BCUT2D eigenvalue weighted by Crippen LogP contribution is -2.29. The van der Waals surface area contributed by atoms with Crippen LogP contribution in [-0.2, 0) is 6.42 Å². The molecule has 1 saturated heterocycles. The normalized spacial score (nSPS) is 20.5. The summed E-state index contributed by atoms with van der Waals surface area (Å²) in [6, 6.07) is 0. The third-order valence-corrected chi connectivity index (χ3v) is 4.69. The van der Waals surface area contributed by atoms with E-state index in [0.717, 1.165) is 30.5 Å². The van der Waals surface area contributed by atoms with Crippen LogP contribution in [0, 0.1) is 18.8 Å². The second-order valence-corrected chi connectivity index (χ2v) is 7.08. The molecule has 1 unspecified atom stereocenters. The molecule has 2 rings (SSSR count). The number of nitrogens with zero attached hydrogens (tertiary/aromatic N) is 2. The zero-order chi connectivity index (χ0) is 13.7. The Kier molecular flexibility index (Phi) is 5.79. The highest BCUT2D eigenvalue weighted by Crippen LogP contribution is 2.17. The molecule has 1 aliphatic heterocycles. The summed E-state index contributed by atoms with van der Waals surface area (Å²) in [5, 5.41) is 7.03. The maximum Gasteiger partial charge on any atom is 0.0940 e. The van der Waals surface area contributed by atoms with Crippen LogP contribution < -0.4 is 5.32 Å². The molecule has 1 fully saturated rings. The van der Waals surface area contributed by atoms with Crippen LogP contribution in [0.1, 0.15) is 31.0 Å². The zero-order valence-electron chi connectivity index (χ0n) is 12.5. The van der Waals surface area contributed by atoms with E-state index in [2.05, 4.69) is 41.4 Å². The van der Waals surface area contributed by atoms with Crippen molar-refractivity contribution in [2.45, 2.75) is 33.6 Å². The van der Waals surface area contributed by atoms with Crippen molar-refractivity contribution in [1.29, 1.82) is 0 Å². The van der Waals surface area contributed by atoms with E-state index in [1.54, 1.807) is 11.3 Å². The van der Waals surface area contributed by atoms with E-state index in [1.807, 2.05) is 0 Å². The number of nitrogens with one attached hydrogen (secondary N) is 1. The Balaban J connectivity index is 1.62. The SMILES string of the molecule is Cc1csc(CCN2CCC(CNCC(C)C)C2)n1. The van der Waals surface area contributed by atoms with Gasteiger partial charge in [0, 0.05) is 30.6 Å².